The van der Waals surface area contributed by atoms with Crippen molar-refractivity contribution in [3.63, 3.8) is 0 Å². The van der Waals surface area contributed by atoms with E-state index in [2.05, 4.69) is 26.7 Å². The monoisotopic (exact) mass is 648 g/mol. The molecule has 2 heterocycles. The third kappa shape index (κ3) is 8.33. The van der Waals surface area contributed by atoms with E-state index in [0.29, 0.717) is 56.1 Å². The normalized spacial score (nSPS) is 18.0. The Balaban J connectivity index is 1.05. The van der Waals surface area contributed by atoms with Crippen LogP contribution in [-0.4, -0.2) is 78.2 Å². The molecule has 12 heteroatoms. The van der Waals surface area contributed by atoms with Gasteiger partial charge in [0.25, 0.3) is 0 Å². The van der Waals surface area contributed by atoms with Gasteiger partial charge in [-0.1, -0.05) is 41.9 Å². The van der Waals surface area contributed by atoms with Crippen LogP contribution in [0.3, 0.4) is 0 Å². The lowest BCUT2D eigenvalue weighted by Gasteiger charge is -2.38. The minimum Gasteiger partial charge on any atom is -0.496 e. The summed E-state index contributed by atoms with van der Waals surface area (Å²) >= 11 is 6.62. The number of hydrogen-bond acceptors (Lipinski definition) is 9. The predicted molar refractivity (Wildman–Crippen MR) is 174 cm³/mol. The number of anilines is 1. The molecule has 1 atom stereocenters. The standard InChI is InChI=1S/C34H41ClN6O5/c1-44-31-6-3-2-5-24(31)22-45-13-4-14-46-34-38-17-28(18-39-34)41-30(19-36-20-32(41)42)33(43)40(27-10-11-27)21-25-15-23(7-12-29(25)35)16-37-26-8-9-26/h2-3,5-7,12,15,17-18,26-27,30,36-37H,4,8-11,13-14,16,19-22H2,1H3/t30-/m1/s1. The third-order valence-electron chi connectivity index (χ3n) is 8.38. The molecule has 0 unspecified atom stereocenters. The van der Waals surface area contributed by atoms with Gasteiger partial charge in [0.1, 0.15) is 11.8 Å². The number of para-hydroxylation sites is 1. The van der Waals surface area contributed by atoms with Crippen molar-refractivity contribution >= 4 is 29.1 Å². The van der Waals surface area contributed by atoms with Gasteiger partial charge in [0, 0.05) is 48.7 Å². The van der Waals surface area contributed by atoms with Crippen LogP contribution in [0.15, 0.2) is 54.9 Å². The second-order valence-electron chi connectivity index (χ2n) is 12.0. The average Bonchev–Trinajstić information content (AvgIpc) is 4.01. The molecule has 3 fully saturated rings. The molecule has 6 rings (SSSR count). The molecule has 3 aromatic rings. The Hall–Kier alpha value is -3.77. The molecule has 2 aliphatic carbocycles. The maximum atomic E-state index is 14.1. The number of hydrogen-bond donors (Lipinski definition) is 2. The smallest absolute Gasteiger partial charge is 0.316 e. The van der Waals surface area contributed by atoms with Gasteiger partial charge >= 0.3 is 6.01 Å². The van der Waals surface area contributed by atoms with Gasteiger partial charge in [0.2, 0.25) is 11.8 Å². The quantitative estimate of drug-likeness (QED) is 0.223. The topological polar surface area (TPSA) is 118 Å². The minimum atomic E-state index is -0.726. The maximum Gasteiger partial charge on any atom is 0.316 e. The van der Waals surface area contributed by atoms with Gasteiger partial charge in [0.15, 0.2) is 0 Å². The van der Waals surface area contributed by atoms with Crippen molar-refractivity contribution in [3.05, 3.63) is 76.6 Å². The van der Waals surface area contributed by atoms with Crippen molar-refractivity contribution in [2.75, 3.05) is 38.3 Å². The van der Waals surface area contributed by atoms with E-state index in [1.54, 1.807) is 19.5 Å². The van der Waals surface area contributed by atoms with Gasteiger partial charge in [-0.3, -0.25) is 14.5 Å². The van der Waals surface area contributed by atoms with Gasteiger partial charge in [-0.05, 0) is 48.9 Å². The molecule has 2 aromatic carbocycles. The van der Waals surface area contributed by atoms with Crippen molar-refractivity contribution in [1.82, 2.24) is 25.5 Å². The van der Waals surface area contributed by atoms with E-state index < -0.39 is 6.04 Å². The largest absolute Gasteiger partial charge is 0.496 e. The Morgan fingerprint density at radius 3 is 2.65 bits per heavy atom. The molecule has 2 saturated carbocycles. The molecule has 46 heavy (non-hydrogen) atoms. The number of benzene rings is 2. The molecule has 0 radical (unpaired) electrons. The van der Waals surface area contributed by atoms with E-state index in [-0.39, 0.29) is 30.4 Å². The zero-order valence-corrected chi connectivity index (χ0v) is 26.9. The van der Waals surface area contributed by atoms with Crippen LogP contribution in [0.4, 0.5) is 5.69 Å². The van der Waals surface area contributed by atoms with Gasteiger partial charge in [-0.2, -0.15) is 0 Å². The highest BCUT2D eigenvalue weighted by molar-refractivity contribution is 6.31. The van der Waals surface area contributed by atoms with Crippen LogP contribution in [0.25, 0.3) is 0 Å². The highest BCUT2D eigenvalue weighted by Crippen LogP contribution is 2.32. The molecular weight excluding hydrogens is 608 g/mol. The SMILES string of the molecule is COc1ccccc1COCCCOc1ncc(N2C(=O)CNC[C@@H]2C(=O)N(Cc2cc(CNC3CC3)ccc2Cl)C2CC2)cn1. The van der Waals surface area contributed by atoms with Gasteiger partial charge < -0.3 is 29.7 Å². The van der Waals surface area contributed by atoms with Crippen molar-refractivity contribution < 1.29 is 23.8 Å². The second kappa shape index (κ2) is 15.2. The van der Waals surface area contributed by atoms with E-state index in [9.17, 15) is 9.59 Å². The summed E-state index contributed by atoms with van der Waals surface area (Å²) in [4.78, 5) is 39.3. The zero-order chi connectivity index (χ0) is 31.9. The Morgan fingerprint density at radius 2 is 1.89 bits per heavy atom. The molecule has 244 valence electrons. The first-order valence-electron chi connectivity index (χ1n) is 16.0. The molecule has 1 aromatic heterocycles. The van der Waals surface area contributed by atoms with Crippen molar-refractivity contribution in [3.8, 4) is 11.8 Å². The number of amides is 2. The summed E-state index contributed by atoms with van der Waals surface area (Å²) in [5, 5.41) is 7.28. The first kappa shape index (κ1) is 32.2. The molecule has 3 aliphatic rings. The number of piperazine rings is 1. The number of ether oxygens (including phenoxy) is 3. The summed E-state index contributed by atoms with van der Waals surface area (Å²) in [7, 11) is 1.64. The summed E-state index contributed by atoms with van der Waals surface area (Å²) in [5.41, 5.74) is 3.50. The lowest BCUT2D eigenvalue weighted by molar-refractivity contribution is -0.136. The lowest BCUT2D eigenvalue weighted by atomic mass is 10.1. The first-order chi connectivity index (χ1) is 22.5. The van der Waals surface area contributed by atoms with Crippen molar-refractivity contribution in [2.24, 2.45) is 0 Å². The second-order valence-corrected chi connectivity index (χ2v) is 12.4. The van der Waals surface area contributed by atoms with Gasteiger partial charge in [-0.15, -0.1) is 0 Å². The summed E-state index contributed by atoms with van der Waals surface area (Å²) < 4.78 is 16.8. The fraction of sp³-hybridized carbons (Fsp3) is 0.471. The minimum absolute atomic E-state index is 0.117. The fourth-order valence-corrected chi connectivity index (χ4v) is 5.76. The predicted octanol–water partition coefficient (Wildman–Crippen LogP) is 3.87. The summed E-state index contributed by atoms with van der Waals surface area (Å²) in [6.07, 6.45) is 8.03. The maximum absolute atomic E-state index is 14.1. The summed E-state index contributed by atoms with van der Waals surface area (Å²) in [6.45, 7) is 2.95. The van der Waals surface area contributed by atoms with Crippen LogP contribution in [0.5, 0.6) is 11.8 Å². The number of rotatable bonds is 16. The summed E-state index contributed by atoms with van der Waals surface area (Å²) in [5.74, 6) is 0.468. The van der Waals surface area contributed by atoms with Gasteiger partial charge in [0.05, 0.1) is 51.6 Å². The van der Waals surface area contributed by atoms with Crippen LogP contribution >= 0.6 is 11.6 Å². The Bertz CT molecular complexity index is 1500. The van der Waals surface area contributed by atoms with Crippen LogP contribution < -0.4 is 25.0 Å². The molecule has 2 N–H and O–H groups in total. The molecule has 1 saturated heterocycles. The van der Waals surface area contributed by atoms with Crippen LogP contribution in [-0.2, 0) is 34.0 Å². The molecular formula is C34H41ClN6O5. The average molecular weight is 649 g/mol. The van der Waals surface area contributed by atoms with Crippen LogP contribution in [0, 0.1) is 0 Å². The third-order valence-corrected chi connectivity index (χ3v) is 8.75. The first-order valence-corrected chi connectivity index (χ1v) is 16.4. The Kier molecular flexibility index (Phi) is 10.6. The number of nitrogens with one attached hydrogen (secondary N) is 2. The highest BCUT2D eigenvalue weighted by Gasteiger charge is 2.41. The number of halogens is 1. The Morgan fingerprint density at radius 1 is 1.09 bits per heavy atom. The number of methoxy groups -OCH3 is 1. The zero-order valence-electron chi connectivity index (χ0n) is 26.1. The molecule has 0 spiro atoms. The summed E-state index contributed by atoms with van der Waals surface area (Å²) in [6, 6.07) is 14.0. The number of aromatic nitrogens is 2. The molecule has 11 nitrogen and oxygen atoms in total. The molecule has 0 bridgehead atoms. The van der Waals surface area contributed by atoms with E-state index in [1.165, 1.54) is 17.7 Å². The van der Waals surface area contributed by atoms with Crippen molar-refractivity contribution in [1.29, 1.82) is 0 Å². The molecule has 2 amide bonds. The van der Waals surface area contributed by atoms with E-state index in [1.807, 2.05) is 41.3 Å². The lowest BCUT2D eigenvalue weighted by Crippen LogP contribution is -2.61. The van der Waals surface area contributed by atoms with Crippen LogP contribution in [0.2, 0.25) is 5.02 Å². The molecule has 1 aliphatic heterocycles. The van der Waals surface area contributed by atoms with E-state index in [0.717, 1.165) is 41.8 Å². The Labute approximate surface area is 274 Å². The van der Waals surface area contributed by atoms with Gasteiger partial charge in [-0.25, -0.2) is 9.97 Å². The van der Waals surface area contributed by atoms with Crippen molar-refractivity contribution in [2.45, 2.75) is 69.9 Å². The fourth-order valence-electron chi connectivity index (χ4n) is 5.58. The van der Waals surface area contributed by atoms with Crippen LogP contribution in [0.1, 0.15) is 48.8 Å². The number of carbonyl (C=O) groups is 2. The van der Waals surface area contributed by atoms with E-state index >= 15 is 0 Å². The number of carbonyl (C=O) groups excluding carboxylic acids is 2. The number of nitrogens with zero attached hydrogens (tertiary/aromatic N) is 4. The van der Waals surface area contributed by atoms with E-state index in [4.69, 9.17) is 25.8 Å². The highest BCUT2D eigenvalue weighted by atomic mass is 35.5.